The van der Waals surface area contributed by atoms with Gasteiger partial charge >= 0.3 is 0 Å². The first kappa shape index (κ1) is 12.1. The van der Waals surface area contributed by atoms with Crippen LogP contribution in [0.4, 0.5) is 8.78 Å². The zero-order valence-corrected chi connectivity index (χ0v) is 9.76. The lowest BCUT2D eigenvalue weighted by atomic mass is 10.0. The van der Waals surface area contributed by atoms with Crippen molar-refractivity contribution in [1.82, 2.24) is 5.32 Å². The normalized spacial score (nSPS) is 12.7. The maximum atomic E-state index is 13.7. The Hall–Kier alpha value is -1.39. The van der Waals surface area contributed by atoms with Gasteiger partial charge in [-0.3, -0.25) is 0 Å². The van der Waals surface area contributed by atoms with Crippen LogP contribution < -0.4 is 5.32 Å². The molecule has 2 rings (SSSR count). The molecule has 1 unspecified atom stereocenters. The summed E-state index contributed by atoms with van der Waals surface area (Å²) in [5.74, 6) is -1.24. The summed E-state index contributed by atoms with van der Waals surface area (Å²) in [6.07, 6.45) is 1.42. The Balaban J connectivity index is 2.46. The van der Waals surface area contributed by atoms with Crippen LogP contribution in [0.3, 0.4) is 0 Å². The highest BCUT2D eigenvalue weighted by Gasteiger charge is 2.20. The number of hydrogen-bond acceptors (Lipinski definition) is 2. The highest BCUT2D eigenvalue weighted by atomic mass is 35.5. The SMILES string of the molecule is CNC(c1ccc(F)cc1F)c1ccoc1Cl. The first-order valence-electron chi connectivity index (χ1n) is 4.98. The predicted molar refractivity (Wildman–Crippen MR) is 61.0 cm³/mol. The van der Waals surface area contributed by atoms with Crippen molar-refractivity contribution in [3.05, 3.63) is 58.5 Å². The van der Waals surface area contributed by atoms with Crippen molar-refractivity contribution in [3.8, 4) is 0 Å². The van der Waals surface area contributed by atoms with E-state index in [4.69, 9.17) is 16.0 Å². The third-order valence-electron chi connectivity index (χ3n) is 2.52. The van der Waals surface area contributed by atoms with Crippen LogP contribution in [0.2, 0.25) is 5.22 Å². The zero-order valence-electron chi connectivity index (χ0n) is 9.01. The summed E-state index contributed by atoms with van der Waals surface area (Å²) in [5, 5.41) is 3.10. The van der Waals surface area contributed by atoms with Crippen molar-refractivity contribution in [2.45, 2.75) is 6.04 Å². The van der Waals surface area contributed by atoms with Crippen molar-refractivity contribution in [2.24, 2.45) is 0 Å². The Morgan fingerprint density at radius 2 is 2.00 bits per heavy atom. The van der Waals surface area contributed by atoms with E-state index in [0.717, 1.165) is 6.07 Å². The molecule has 17 heavy (non-hydrogen) atoms. The van der Waals surface area contributed by atoms with E-state index < -0.39 is 17.7 Å². The van der Waals surface area contributed by atoms with Crippen LogP contribution in [0.15, 0.2) is 34.9 Å². The molecule has 0 saturated heterocycles. The largest absolute Gasteiger partial charge is 0.453 e. The molecular formula is C12H10ClF2NO. The number of hydrogen-bond donors (Lipinski definition) is 1. The summed E-state index contributed by atoms with van der Waals surface area (Å²) < 4.78 is 31.5. The second kappa shape index (κ2) is 4.85. The Morgan fingerprint density at radius 3 is 2.53 bits per heavy atom. The van der Waals surface area contributed by atoms with Crippen molar-refractivity contribution in [2.75, 3.05) is 7.05 Å². The first-order chi connectivity index (χ1) is 8.13. The molecule has 0 fully saturated rings. The van der Waals surface area contributed by atoms with E-state index in [1.54, 1.807) is 13.1 Å². The minimum absolute atomic E-state index is 0.188. The Bertz CT molecular complexity index is 527. The fourth-order valence-corrected chi connectivity index (χ4v) is 1.95. The molecule has 1 aromatic carbocycles. The van der Waals surface area contributed by atoms with Crippen LogP contribution in [0.1, 0.15) is 17.2 Å². The van der Waals surface area contributed by atoms with Gasteiger partial charge in [-0.05, 0) is 30.8 Å². The van der Waals surface area contributed by atoms with Crippen molar-refractivity contribution >= 4 is 11.6 Å². The van der Waals surface area contributed by atoms with Gasteiger partial charge in [-0.2, -0.15) is 0 Å². The van der Waals surface area contributed by atoms with Gasteiger partial charge in [0.2, 0.25) is 0 Å². The van der Waals surface area contributed by atoms with Gasteiger partial charge in [0.25, 0.3) is 0 Å². The molecule has 2 nitrogen and oxygen atoms in total. The summed E-state index contributed by atoms with van der Waals surface area (Å²) in [4.78, 5) is 0. The molecule has 0 amide bonds. The fourth-order valence-electron chi connectivity index (χ4n) is 1.72. The molecule has 90 valence electrons. The van der Waals surface area contributed by atoms with Gasteiger partial charge in [-0.1, -0.05) is 6.07 Å². The molecule has 1 N–H and O–H groups in total. The maximum Gasteiger partial charge on any atom is 0.198 e. The third kappa shape index (κ3) is 2.33. The minimum atomic E-state index is -0.624. The average molecular weight is 258 g/mol. The van der Waals surface area contributed by atoms with Gasteiger partial charge in [0.05, 0.1) is 12.3 Å². The molecule has 2 aromatic rings. The van der Waals surface area contributed by atoms with Crippen molar-refractivity contribution in [3.63, 3.8) is 0 Å². The highest BCUT2D eigenvalue weighted by molar-refractivity contribution is 6.29. The fraction of sp³-hybridized carbons (Fsp3) is 0.167. The van der Waals surface area contributed by atoms with Crippen LogP contribution in [-0.2, 0) is 0 Å². The van der Waals surface area contributed by atoms with Gasteiger partial charge in [-0.15, -0.1) is 0 Å². The van der Waals surface area contributed by atoms with E-state index in [0.29, 0.717) is 11.1 Å². The standard InChI is InChI=1S/C12H10ClF2NO/c1-16-11(9-4-5-17-12(9)13)8-3-2-7(14)6-10(8)15/h2-6,11,16H,1H3. The zero-order chi connectivity index (χ0) is 12.4. The van der Waals surface area contributed by atoms with Crippen molar-refractivity contribution < 1.29 is 13.2 Å². The lowest BCUT2D eigenvalue weighted by Gasteiger charge is -2.16. The number of nitrogens with one attached hydrogen (secondary N) is 1. The minimum Gasteiger partial charge on any atom is -0.453 e. The molecule has 0 aliphatic rings. The molecular weight excluding hydrogens is 248 g/mol. The quantitative estimate of drug-likeness (QED) is 0.910. The van der Waals surface area contributed by atoms with Gasteiger partial charge in [-0.25, -0.2) is 8.78 Å². The van der Waals surface area contributed by atoms with Crippen LogP contribution in [0.25, 0.3) is 0 Å². The number of halogens is 3. The van der Waals surface area contributed by atoms with Gasteiger partial charge in [0, 0.05) is 17.2 Å². The summed E-state index contributed by atoms with van der Waals surface area (Å²) in [6.45, 7) is 0. The first-order valence-corrected chi connectivity index (χ1v) is 5.36. The molecule has 1 aromatic heterocycles. The Labute approximate surface area is 102 Å². The van der Waals surface area contributed by atoms with Gasteiger partial charge in [0.15, 0.2) is 5.22 Å². The molecule has 0 spiro atoms. The summed E-state index contributed by atoms with van der Waals surface area (Å²) >= 11 is 5.84. The van der Waals surface area contributed by atoms with Crippen molar-refractivity contribution in [1.29, 1.82) is 0 Å². The van der Waals surface area contributed by atoms with E-state index in [1.165, 1.54) is 18.4 Å². The second-order valence-corrected chi connectivity index (χ2v) is 3.88. The van der Waals surface area contributed by atoms with Crippen LogP contribution in [0, 0.1) is 11.6 Å². The number of rotatable bonds is 3. The molecule has 0 saturated carbocycles. The Morgan fingerprint density at radius 1 is 1.24 bits per heavy atom. The van der Waals surface area contributed by atoms with E-state index in [1.807, 2.05) is 0 Å². The molecule has 0 aliphatic carbocycles. The topological polar surface area (TPSA) is 25.2 Å². The van der Waals surface area contributed by atoms with Crippen LogP contribution >= 0.6 is 11.6 Å². The van der Waals surface area contributed by atoms with Gasteiger partial charge in [0.1, 0.15) is 11.6 Å². The second-order valence-electron chi connectivity index (χ2n) is 3.54. The molecule has 5 heteroatoms. The monoisotopic (exact) mass is 257 g/mol. The van der Waals surface area contributed by atoms with E-state index in [2.05, 4.69) is 5.32 Å². The molecule has 1 atom stereocenters. The number of benzene rings is 1. The molecule has 0 aliphatic heterocycles. The Kier molecular flexibility index (Phi) is 3.45. The molecule has 0 radical (unpaired) electrons. The summed E-state index contributed by atoms with van der Waals surface area (Å²) in [6, 6.07) is 4.60. The van der Waals surface area contributed by atoms with Gasteiger partial charge < -0.3 is 9.73 Å². The molecule has 1 heterocycles. The highest BCUT2D eigenvalue weighted by Crippen LogP contribution is 2.30. The predicted octanol–water partition coefficient (Wildman–Crippen LogP) is 3.52. The molecule has 0 bridgehead atoms. The van der Waals surface area contributed by atoms with E-state index in [-0.39, 0.29) is 5.22 Å². The van der Waals surface area contributed by atoms with Crippen LogP contribution in [0.5, 0.6) is 0 Å². The average Bonchev–Trinajstić information content (AvgIpc) is 2.69. The van der Waals surface area contributed by atoms with Crippen LogP contribution in [-0.4, -0.2) is 7.05 Å². The smallest absolute Gasteiger partial charge is 0.198 e. The third-order valence-corrected chi connectivity index (χ3v) is 2.83. The number of furan rings is 1. The van der Waals surface area contributed by atoms with E-state index >= 15 is 0 Å². The summed E-state index contributed by atoms with van der Waals surface area (Å²) in [7, 11) is 1.66. The maximum absolute atomic E-state index is 13.7. The summed E-state index contributed by atoms with van der Waals surface area (Å²) in [5.41, 5.74) is 0.928. The lowest BCUT2D eigenvalue weighted by molar-refractivity contribution is 0.541. The van der Waals surface area contributed by atoms with E-state index in [9.17, 15) is 8.78 Å². The lowest BCUT2D eigenvalue weighted by Crippen LogP contribution is -2.18.